The van der Waals surface area contributed by atoms with E-state index in [0.717, 1.165) is 29.9 Å². The number of halogens is 2. The predicted molar refractivity (Wildman–Crippen MR) is 97.5 cm³/mol. The fraction of sp³-hybridized carbons (Fsp3) is 0.444. The van der Waals surface area contributed by atoms with Gasteiger partial charge in [0.25, 0.3) is 5.91 Å². The minimum absolute atomic E-state index is 0.0468. The zero-order valence-corrected chi connectivity index (χ0v) is 15.6. The zero-order valence-electron chi connectivity index (χ0n) is 14.1. The van der Waals surface area contributed by atoms with Crippen molar-refractivity contribution in [3.8, 4) is 5.69 Å². The smallest absolute Gasteiger partial charge is 0.255 e. The Bertz CT molecular complexity index is 779. The molecule has 1 aliphatic rings. The first-order chi connectivity index (χ1) is 11.4. The summed E-state index contributed by atoms with van der Waals surface area (Å²) >= 11 is 12.1. The van der Waals surface area contributed by atoms with Crippen molar-refractivity contribution in [2.24, 2.45) is 5.92 Å². The third kappa shape index (κ3) is 3.45. The minimum atomic E-state index is -0.0468. The maximum atomic E-state index is 12.7. The highest BCUT2D eigenvalue weighted by atomic mass is 35.5. The Kier molecular flexibility index (Phi) is 4.88. The number of rotatable bonds is 5. The van der Waals surface area contributed by atoms with Gasteiger partial charge in [0, 0.05) is 12.5 Å². The van der Waals surface area contributed by atoms with E-state index in [0.29, 0.717) is 34.0 Å². The molecule has 6 heteroatoms. The Balaban J connectivity index is 2.01. The van der Waals surface area contributed by atoms with E-state index in [9.17, 15) is 4.79 Å². The predicted octanol–water partition coefficient (Wildman–Crippen LogP) is 4.75. The fourth-order valence-electron chi connectivity index (χ4n) is 2.70. The largest absolute Gasteiger partial charge is 0.352 e. The van der Waals surface area contributed by atoms with Crippen LogP contribution in [0.4, 0.5) is 0 Å². The summed E-state index contributed by atoms with van der Waals surface area (Å²) in [6.45, 7) is 6.73. The van der Waals surface area contributed by atoms with E-state index in [1.165, 1.54) is 0 Å². The van der Waals surface area contributed by atoms with Gasteiger partial charge in [0.05, 0.1) is 32.7 Å². The number of benzene rings is 1. The monoisotopic (exact) mass is 365 g/mol. The van der Waals surface area contributed by atoms with Crippen molar-refractivity contribution in [2.45, 2.75) is 39.5 Å². The molecule has 2 aromatic rings. The molecule has 0 bridgehead atoms. The van der Waals surface area contributed by atoms with E-state index in [-0.39, 0.29) is 5.91 Å². The lowest BCUT2D eigenvalue weighted by molar-refractivity contribution is 0.0947. The number of amides is 1. The minimum Gasteiger partial charge on any atom is -0.352 e. The van der Waals surface area contributed by atoms with E-state index >= 15 is 0 Å². The first kappa shape index (κ1) is 17.3. The van der Waals surface area contributed by atoms with Gasteiger partial charge < -0.3 is 5.32 Å². The molecule has 0 spiro atoms. The van der Waals surface area contributed by atoms with Crippen molar-refractivity contribution in [3.63, 3.8) is 0 Å². The van der Waals surface area contributed by atoms with Crippen molar-refractivity contribution in [1.82, 2.24) is 15.1 Å². The average Bonchev–Trinajstić information content (AvgIpc) is 3.31. The van der Waals surface area contributed by atoms with Crippen LogP contribution in [0.25, 0.3) is 5.69 Å². The van der Waals surface area contributed by atoms with Crippen LogP contribution in [0, 0.1) is 12.8 Å². The fourth-order valence-corrected chi connectivity index (χ4v) is 2.99. The molecular weight excluding hydrogens is 345 g/mol. The highest BCUT2D eigenvalue weighted by Gasteiger charge is 2.33. The Morgan fingerprint density at radius 1 is 1.33 bits per heavy atom. The SMILES string of the molecule is Cc1c(C(=O)NCC(C)C)c(C2CC2)nn1-c1ccc(Cl)c(Cl)c1. The standard InChI is InChI=1S/C18H21Cl2N3O/c1-10(2)9-21-18(24)16-11(3)23(22-17(16)12-4-5-12)13-6-7-14(19)15(20)8-13/h6-8,10,12H,4-5,9H2,1-3H3,(H,21,24). The maximum Gasteiger partial charge on any atom is 0.255 e. The van der Waals surface area contributed by atoms with Crippen molar-refractivity contribution in [2.75, 3.05) is 6.54 Å². The van der Waals surface area contributed by atoms with Crippen LogP contribution in [0.1, 0.15) is 54.4 Å². The van der Waals surface area contributed by atoms with Gasteiger partial charge in [-0.1, -0.05) is 37.0 Å². The van der Waals surface area contributed by atoms with Crippen LogP contribution < -0.4 is 5.32 Å². The number of nitrogens with zero attached hydrogens (tertiary/aromatic N) is 2. The lowest BCUT2D eigenvalue weighted by Gasteiger charge is -2.09. The number of hydrogen-bond acceptors (Lipinski definition) is 2. The average molecular weight is 366 g/mol. The van der Waals surface area contributed by atoms with E-state index in [2.05, 4.69) is 19.2 Å². The molecule has 1 heterocycles. The van der Waals surface area contributed by atoms with Crippen LogP contribution in [0.2, 0.25) is 10.0 Å². The van der Waals surface area contributed by atoms with Gasteiger partial charge >= 0.3 is 0 Å². The molecule has 1 aromatic carbocycles. The number of aromatic nitrogens is 2. The van der Waals surface area contributed by atoms with Gasteiger partial charge in [-0.3, -0.25) is 4.79 Å². The van der Waals surface area contributed by atoms with Crippen molar-refractivity contribution in [3.05, 3.63) is 45.2 Å². The molecule has 0 aliphatic heterocycles. The number of hydrogen-bond donors (Lipinski definition) is 1. The maximum absolute atomic E-state index is 12.7. The van der Waals surface area contributed by atoms with Crippen molar-refractivity contribution < 1.29 is 4.79 Å². The van der Waals surface area contributed by atoms with Crippen molar-refractivity contribution in [1.29, 1.82) is 0 Å². The highest BCUT2D eigenvalue weighted by Crippen LogP contribution is 2.42. The quantitative estimate of drug-likeness (QED) is 0.830. The molecule has 1 amide bonds. The summed E-state index contributed by atoms with van der Waals surface area (Å²) in [5.41, 5.74) is 3.23. The second-order valence-electron chi connectivity index (χ2n) is 6.73. The first-order valence-electron chi connectivity index (χ1n) is 8.21. The lowest BCUT2D eigenvalue weighted by Crippen LogP contribution is -2.28. The summed E-state index contributed by atoms with van der Waals surface area (Å²) in [5, 5.41) is 8.70. The second kappa shape index (κ2) is 6.77. The van der Waals surface area contributed by atoms with Gasteiger partial charge in [-0.15, -0.1) is 0 Å². The molecule has 0 radical (unpaired) electrons. The van der Waals surface area contributed by atoms with Gasteiger partial charge in [0.1, 0.15) is 0 Å². The zero-order chi connectivity index (χ0) is 17.4. The first-order valence-corrected chi connectivity index (χ1v) is 8.97. The summed E-state index contributed by atoms with van der Waals surface area (Å²) in [4.78, 5) is 12.7. The molecule has 0 saturated heterocycles. The lowest BCUT2D eigenvalue weighted by atomic mass is 10.1. The van der Waals surface area contributed by atoms with E-state index < -0.39 is 0 Å². The molecule has 0 unspecified atom stereocenters. The third-order valence-corrected chi connectivity index (χ3v) is 4.89. The number of carbonyl (C=O) groups is 1. The van der Waals surface area contributed by atoms with Crippen LogP contribution >= 0.6 is 23.2 Å². The number of carbonyl (C=O) groups excluding carboxylic acids is 1. The molecule has 1 aliphatic carbocycles. The Hall–Kier alpha value is -1.52. The molecular formula is C18H21Cl2N3O. The molecule has 1 aromatic heterocycles. The number of nitrogens with one attached hydrogen (secondary N) is 1. The van der Waals surface area contributed by atoms with Gasteiger partial charge in [-0.2, -0.15) is 5.10 Å². The molecule has 0 atom stereocenters. The molecule has 24 heavy (non-hydrogen) atoms. The topological polar surface area (TPSA) is 46.9 Å². The molecule has 1 fully saturated rings. The molecule has 1 saturated carbocycles. The van der Waals surface area contributed by atoms with Crippen molar-refractivity contribution >= 4 is 29.1 Å². The van der Waals surface area contributed by atoms with Gasteiger partial charge in [0.2, 0.25) is 0 Å². The molecule has 4 nitrogen and oxygen atoms in total. The van der Waals surface area contributed by atoms with E-state index in [1.54, 1.807) is 16.8 Å². The Morgan fingerprint density at radius 2 is 2.04 bits per heavy atom. The summed E-state index contributed by atoms with van der Waals surface area (Å²) < 4.78 is 1.79. The summed E-state index contributed by atoms with van der Waals surface area (Å²) in [6, 6.07) is 5.38. The second-order valence-corrected chi connectivity index (χ2v) is 7.55. The summed E-state index contributed by atoms with van der Waals surface area (Å²) in [6.07, 6.45) is 2.17. The van der Waals surface area contributed by atoms with Crippen LogP contribution in [-0.4, -0.2) is 22.2 Å². The van der Waals surface area contributed by atoms with Crippen LogP contribution in [0.3, 0.4) is 0 Å². The summed E-state index contributed by atoms with van der Waals surface area (Å²) in [7, 11) is 0. The molecule has 3 rings (SSSR count). The normalized spacial score (nSPS) is 14.2. The molecule has 1 N–H and O–H groups in total. The Labute approximate surface area is 152 Å². The van der Waals surface area contributed by atoms with Gasteiger partial charge in [0.15, 0.2) is 0 Å². The van der Waals surface area contributed by atoms with Crippen LogP contribution in [0.5, 0.6) is 0 Å². The van der Waals surface area contributed by atoms with Gasteiger partial charge in [-0.25, -0.2) is 4.68 Å². The van der Waals surface area contributed by atoms with Crippen LogP contribution in [-0.2, 0) is 0 Å². The Morgan fingerprint density at radius 3 is 2.62 bits per heavy atom. The van der Waals surface area contributed by atoms with E-state index in [4.69, 9.17) is 28.3 Å². The van der Waals surface area contributed by atoms with Gasteiger partial charge in [-0.05, 0) is 43.9 Å². The molecule has 128 valence electrons. The summed E-state index contributed by atoms with van der Waals surface area (Å²) in [5.74, 6) is 0.741. The third-order valence-electron chi connectivity index (χ3n) is 4.15. The highest BCUT2D eigenvalue weighted by molar-refractivity contribution is 6.42. The van der Waals surface area contributed by atoms with Crippen LogP contribution in [0.15, 0.2) is 18.2 Å². The van der Waals surface area contributed by atoms with E-state index in [1.807, 2.05) is 13.0 Å².